The van der Waals surface area contributed by atoms with Crippen LogP contribution in [0.15, 0.2) is 28.7 Å². The Morgan fingerprint density at radius 2 is 1.93 bits per heavy atom. The molecule has 1 nitrogen and oxygen atoms in total. The highest BCUT2D eigenvalue weighted by molar-refractivity contribution is 9.09. The van der Waals surface area contributed by atoms with Crippen LogP contribution in [0.1, 0.15) is 25.2 Å². The standard InChI is InChI=1S/C13H15BrO/c1-9-10-6-4-5-7-11(10)15-12(9)13(2,3)8-14/h4-7H,8H2,1-3H3. The number of halogens is 1. The number of fused-ring (bicyclic) bond motifs is 1. The molecule has 1 aromatic carbocycles. The van der Waals surface area contributed by atoms with Crippen LogP contribution in [-0.2, 0) is 5.41 Å². The highest BCUT2D eigenvalue weighted by Crippen LogP contribution is 2.34. The van der Waals surface area contributed by atoms with Crippen molar-refractivity contribution in [2.24, 2.45) is 0 Å². The van der Waals surface area contributed by atoms with Gasteiger partial charge in [-0.3, -0.25) is 0 Å². The molecule has 1 heterocycles. The maximum absolute atomic E-state index is 5.92. The number of hydrogen-bond acceptors (Lipinski definition) is 1. The Balaban J connectivity index is 2.68. The van der Waals surface area contributed by atoms with E-state index in [2.05, 4.69) is 48.8 Å². The molecule has 1 aromatic heterocycles. The second kappa shape index (κ2) is 3.67. The van der Waals surface area contributed by atoms with Gasteiger partial charge in [0.2, 0.25) is 0 Å². The molecule has 2 heteroatoms. The van der Waals surface area contributed by atoms with Gasteiger partial charge in [-0.05, 0) is 18.6 Å². The maximum Gasteiger partial charge on any atom is 0.134 e. The Labute approximate surface area is 98.6 Å². The van der Waals surface area contributed by atoms with E-state index in [4.69, 9.17) is 4.42 Å². The average molecular weight is 267 g/mol. The number of para-hydroxylation sites is 1. The minimum atomic E-state index is 0.0447. The zero-order valence-electron chi connectivity index (χ0n) is 9.30. The van der Waals surface area contributed by atoms with E-state index in [1.54, 1.807) is 0 Å². The molecule has 80 valence electrons. The molecule has 0 spiro atoms. The van der Waals surface area contributed by atoms with E-state index in [-0.39, 0.29) is 5.41 Å². The summed E-state index contributed by atoms with van der Waals surface area (Å²) in [6.07, 6.45) is 0. The van der Waals surface area contributed by atoms with E-state index in [9.17, 15) is 0 Å². The Bertz CT molecular complexity index is 482. The molecule has 0 amide bonds. The molecular weight excluding hydrogens is 252 g/mol. The summed E-state index contributed by atoms with van der Waals surface area (Å²) in [5.74, 6) is 1.08. The van der Waals surface area contributed by atoms with Crippen molar-refractivity contribution >= 4 is 26.9 Å². The number of rotatable bonds is 2. The first-order valence-electron chi connectivity index (χ1n) is 5.11. The third-order valence-corrected chi connectivity index (χ3v) is 4.19. The lowest BCUT2D eigenvalue weighted by Gasteiger charge is -2.19. The predicted molar refractivity (Wildman–Crippen MR) is 67.8 cm³/mol. The molecule has 0 saturated carbocycles. The zero-order valence-corrected chi connectivity index (χ0v) is 10.9. The lowest BCUT2D eigenvalue weighted by molar-refractivity contribution is 0.434. The van der Waals surface area contributed by atoms with Gasteiger partial charge in [0.1, 0.15) is 11.3 Å². The van der Waals surface area contributed by atoms with E-state index in [1.165, 1.54) is 10.9 Å². The van der Waals surface area contributed by atoms with Gasteiger partial charge in [-0.25, -0.2) is 0 Å². The van der Waals surface area contributed by atoms with Crippen molar-refractivity contribution in [1.82, 2.24) is 0 Å². The third-order valence-electron chi connectivity index (χ3n) is 2.79. The first-order chi connectivity index (χ1) is 7.06. The number of hydrogen-bond donors (Lipinski definition) is 0. The number of benzene rings is 1. The highest BCUT2D eigenvalue weighted by Gasteiger charge is 2.26. The number of furan rings is 1. The second-order valence-electron chi connectivity index (χ2n) is 4.57. The maximum atomic E-state index is 5.92. The van der Waals surface area contributed by atoms with Gasteiger partial charge >= 0.3 is 0 Å². The molecule has 0 unspecified atom stereocenters. The van der Waals surface area contributed by atoms with Crippen LogP contribution in [0.4, 0.5) is 0 Å². The average Bonchev–Trinajstić information content (AvgIpc) is 2.58. The highest BCUT2D eigenvalue weighted by atomic mass is 79.9. The summed E-state index contributed by atoms with van der Waals surface area (Å²) in [5, 5.41) is 2.13. The van der Waals surface area contributed by atoms with E-state index < -0.39 is 0 Å². The minimum absolute atomic E-state index is 0.0447. The van der Waals surface area contributed by atoms with Crippen LogP contribution < -0.4 is 0 Å². The van der Waals surface area contributed by atoms with Crippen LogP contribution >= 0.6 is 15.9 Å². The van der Waals surface area contributed by atoms with E-state index in [1.807, 2.05) is 12.1 Å². The monoisotopic (exact) mass is 266 g/mol. The van der Waals surface area contributed by atoms with Crippen LogP contribution in [0, 0.1) is 6.92 Å². The third kappa shape index (κ3) is 1.71. The normalized spacial score (nSPS) is 12.3. The summed E-state index contributed by atoms with van der Waals surface area (Å²) in [4.78, 5) is 0. The Morgan fingerprint density at radius 3 is 2.53 bits per heavy atom. The van der Waals surface area contributed by atoms with Gasteiger partial charge in [0.25, 0.3) is 0 Å². The molecule has 0 atom stereocenters. The molecule has 0 aliphatic rings. The fourth-order valence-electron chi connectivity index (χ4n) is 1.88. The fraction of sp³-hybridized carbons (Fsp3) is 0.385. The van der Waals surface area contributed by atoms with Crippen molar-refractivity contribution in [3.63, 3.8) is 0 Å². The smallest absolute Gasteiger partial charge is 0.134 e. The summed E-state index contributed by atoms with van der Waals surface area (Å²) in [7, 11) is 0. The molecule has 0 fully saturated rings. The number of aryl methyl sites for hydroxylation is 1. The van der Waals surface area contributed by atoms with Crippen molar-refractivity contribution in [1.29, 1.82) is 0 Å². The van der Waals surface area contributed by atoms with Crippen molar-refractivity contribution in [2.75, 3.05) is 5.33 Å². The van der Waals surface area contributed by atoms with Crippen LogP contribution in [0.5, 0.6) is 0 Å². The van der Waals surface area contributed by atoms with E-state index in [0.717, 1.165) is 16.7 Å². The van der Waals surface area contributed by atoms with Crippen LogP contribution in [-0.4, -0.2) is 5.33 Å². The van der Waals surface area contributed by atoms with Gasteiger partial charge in [0.05, 0.1) is 0 Å². The number of alkyl halides is 1. The lowest BCUT2D eigenvalue weighted by Crippen LogP contribution is -2.18. The first-order valence-corrected chi connectivity index (χ1v) is 6.23. The predicted octanol–water partition coefficient (Wildman–Crippen LogP) is 4.41. The molecule has 0 aliphatic carbocycles. The second-order valence-corrected chi connectivity index (χ2v) is 5.13. The summed E-state index contributed by atoms with van der Waals surface area (Å²) in [6, 6.07) is 8.20. The Morgan fingerprint density at radius 1 is 1.27 bits per heavy atom. The molecule has 0 N–H and O–H groups in total. The fourth-order valence-corrected chi connectivity index (χ4v) is 2.14. The Kier molecular flexibility index (Phi) is 2.63. The van der Waals surface area contributed by atoms with Gasteiger partial charge in [-0.2, -0.15) is 0 Å². The lowest BCUT2D eigenvalue weighted by atomic mass is 9.90. The van der Waals surface area contributed by atoms with E-state index in [0.29, 0.717) is 0 Å². The molecule has 0 bridgehead atoms. The van der Waals surface area contributed by atoms with Crippen molar-refractivity contribution in [2.45, 2.75) is 26.2 Å². The SMILES string of the molecule is Cc1c(C(C)(C)CBr)oc2ccccc12. The first kappa shape index (κ1) is 10.7. The van der Waals surface area contributed by atoms with Gasteiger partial charge in [-0.15, -0.1) is 0 Å². The molecule has 2 rings (SSSR count). The topological polar surface area (TPSA) is 13.1 Å². The van der Waals surface area contributed by atoms with Gasteiger partial charge in [-0.1, -0.05) is 48.0 Å². The van der Waals surface area contributed by atoms with Crippen LogP contribution in [0.3, 0.4) is 0 Å². The molecular formula is C13H15BrO. The van der Waals surface area contributed by atoms with Gasteiger partial charge in [0, 0.05) is 16.1 Å². The van der Waals surface area contributed by atoms with Crippen molar-refractivity contribution < 1.29 is 4.42 Å². The molecule has 15 heavy (non-hydrogen) atoms. The van der Waals surface area contributed by atoms with Crippen molar-refractivity contribution in [3.8, 4) is 0 Å². The van der Waals surface area contributed by atoms with Crippen LogP contribution in [0.2, 0.25) is 0 Å². The summed E-state index contributed by atoms with van der Waals surface area (Å²) >= 11 is 3.54. The molecule has 0 radical (unpaired) electrons. The van der Waals surface area contributed by atoms with Crippen LogP contribution in [0.25, 0.3) is 11.0 Å². The minimum Gasteiger partial charge on any atom is -0.460 e. The summed E-state index contributed by atoms with van der Waals surface area (Å²) in [6.45, 7) is 6.50. The quantitative estimate of drug-likeness (QED) is 0.734. The van der Waals surface area contributed by atoms with Gasteiger partial charge < -0.3 is 4.42 Å². The molecule has 2 aromatic rings. The van der Waals surface area contributed by atoms with Gasteiger partial charge in [0.15, 0.2) is 0 Å². The molecule has 0 aliphatic heterocycles. The van der Waals surface area contributed by atoms with Crippen molar-refractivity contribution in [3.05, 3.63) is 35.6 Å². The Hall–Kier alpha value is -0.760. The van der Waals surface area contributed by atoms with E-state index >= 15 is 0 Å². The summed E-state index contributed by atoms with van der Waals surface area (Å²) < 4.78 is 5.92. The largest absolute Gasteiger partial charge is 0.460 e. The summed E-state index contributed by atoms with van der Waals surface area (Å²) in [5.41, 5.74) is 2.29. The zero-order chi connectivity index (χ0) is 11.1. The molecule has 0 saturated heterocycles.